The third-order valence-corrected chi connectivity index (χ3v) is 4.08. The molecule has 8 nitrogen and oxygen atoms in total. The number of hydrogen-bond donors (Lipinski definition) is 1. The number of pyridine rings is 1. The number of piperidine rings is 1. The number of amides is 1. The van der Waals surface area contributed by atoms with Crippen LogP contribution in [0, 0.1) is 16.0 Å². The summed E-state index contributed by atoms with van der Waals surface area (Å²) in [6.45, 7) is 1.71. The molecule has 126 valence electrons. The number of hydrogen-bond acceptors (Lipinski definition) is 6. The highest BCUT2D eigenvalue weighted by molar-refractivity contribution is 5.79. The highest BCUT2D eigenvalue weighted by Crippen LogP contribution is 2.23. The normalized spacial score (nSPS) is 17.5. The Morgan fingerprint density at radius 2 is 2.33 bits per heavy atom. The van der Waals surface area contributed by atoms with E-state index in [2.05, 4.69) is 10.3 Å². The molecule has 0 radical (unpaired) electrons. The Bertz CT molecular complexity index is 699. The summed E-state index contributed by atoms with van der Waals surface area (Å²) in [5, 5.41) is 13.6. The molecule has 1 aliphatic rings. The lowest BCUT2D eigenvalue weighted by Crippen LogP contribution is -2.43. The Morgan fingerprint density at radius 3 is 3.00 bits per heavy atom. The number of furan rings is 1. The van der Waals surface area contributed by atoms with E-state index in [1.165, 1.54) is 12.3 Å². The summed E-state index contributed by atoms with van der Waals surface area (Å²) in [4.78, 5) is 28.7. The van der Waals surface area contributed by atoms with E-state index in [1.807, 2.05) is 11.0 Å². The zero-order valence-electron chi connectivity index (χ0n) is 13.1. The summed E-state index contributed by atoms with van der Waals surface area (Å²) in [6, 6.07) is 6.66. The van der Waals surface area contributed by atoms with Crippen molar-refractivity contribution < 1.29 is 14.1 Å². The van der Waals surface area contributed by atoms with Crippen molar-refractivity contribution in [2.24, 2.45) is 5.92 Å². The van der Waals surface area contributed by atoms with Crippen molar-refractivity contribution in [2.75, 3.05) is 18.0 Å². The van der Waals surface area contributed by atoms with Gasteiger partial charge in [0.2, 0.25) is 5.91 Å². The molecule has 8 heteroatoms. The van der Waals surface area contributed by atoms with Crippen LogP contribution in [-0.4, -0.2) is 28.9 Å². The number of anilines is 1. The predicted molar refractivity (Wildman–Crippen MR) is 86.4 cm³/mol. The zero-order chi connectivity index (χ0) is 16.9. The molecule has 1 saturated heterocycles. The Balaban J connectivity index is 1.59. The van der Waals surface area contributed by atoms with Crippen LogP contribution in [0.4, 0.5) is 11.5 Å². The second-order valence-corrected chi connectivity index (χ2v) is 5.71. The molecule has 1 fully saturated rings. The summed E-state index contributed by atoms with van der Waals surface area (Å²) in [5.74, 6) is 1.22. The fraction of sp³-hybridized carbons (Fsp3) is 0.375. The maximum absolute atomic E-state index is 12.3. The smallest absolute Gasteiger partial charge is 0.287 e. The molecule has 0 saturated carbocycles. The third kappa shape index (κ3) is 3.70. The minimum absolute atomic E-state index is 0.0157. The molecule has 0 spiro atoms. The van der Waals surface area contributed by atoms with Crippen molar-refractivity contribution in [3.8, 4) is 0 Å². The summed E-state index contributed by atoms with van der Waals surface area (Å²) >= 11 is 0. The monoisotopic (exact) mass is 330 g/mol. The molecule has 0 aromatic carbocycles. The van der Waals surface area contributed by atoms with E-state index in [0.717, 1.165) is 19.4 Å². The Labute approximate surface area is 138 Å². The summed E-state index contributed by atoms with van der Waals surface area (Å²) in [6.07, 6.45) is 4.50. The number of carbonyl (C=O) groups is 1. The van der Waals surface area contributed by atoms with Crippen LogP contribution in [0.1, 0.15) is 18.6 Å². The average Bonchev–Trinajstić information content (AvgIpc) is 3.13. The lowest BCUT2D eigenvalue weighted by atomic mass is 9.97. The van der Waals surface area contributed by atoms with Crippen molar-refractivity contribution in [3.05, 3.63) is 52.6 Å². The molecule has 2 aromatic heterocycles. The van der Waals surface area contributed by atoms with Crippen molar-refractivity contribution in [2.45, 2.75) is 19.4 Å². The van der Waals surface area contributed by atoms with Gasteiger partial charge in [-0.05, 0) is 31.0 Å². The molecule has 0 unspecified atom stereocenters. The largest absolute Gasteiger partial charge is 0.467 e. The summed E-state index contributed by atoms with van der Waals surface area (Å²) < 4.78 is 5.20. The molecule has 2 aromatic rings. The van der Waals surface area contributed by atoms with Gasteiger partial charge >= 0.3 is 0 Å². The number of carbonyl (C=O) groups excluding carboxylic acids is 1. The van der Waals surface area contributed by atoms with Crippen LogP contribution in [0.3, 0.4) is 0 Å². The van der Waals surface area contributed by atoms with Crippen LogP contribution in [-0.2, 0) is 11.3 Å². The van der Waals surface area contributed by atoms with Gasteiger partial charge in [-0.15, -0.1) is 0 Å². The molecule has 1 amide bonds. The van der Waals surface area contributed by atoms with Gasteiger partial charge in [0.15, 0.2) is 0 Å². The van der Waals surface area contributed by atoms with Gasteiger partial charge in [0, 0.05) is 19.2 Å². The first-order valence-corrected chi connectivity index (χ1v) is 7.79. The van der Waals surface area contributed by atoms with Gasteiger partial charge in [-0.3, -0.25) is 14.9 Å². The second-order valence-electron chi connectivity index (χ2n) is 5.71. The first kappa shape index (κ1) is 16.0. The number of nitro groups is 1. The molecule has 1 atom stereocenters. The molecule has 0 bridgehead atoms. The SMILES string of the molecule is O=C(NCc1ccco1)[C@@H]1CCCN(c2ccc([N+](=O)[O-])cn2)C1. The number of nitrogens with one attached hydrogen (secondary N) is 1. The first-order valence-electron chi connectivity index (χ1n) is 7.79. The number of nitrogens with zero attached hydrogens (tertiary/aromatic N) is 3. The van der Waals surface area contributed by atoms with Gasteiger partial charge in [-0.2, -0.15) is 0 Å². The van der Waals surface area contributed by atoms with E-state index in [4.69, 9.17) is 4.42 Å². The summed E-state index contributed by atoms with van der Waals surface area (Å²) in [7, 11) is 0. The van der Waals surface area contributed by atoms with E-state index < -0.39 is 4.92 Å². The molecule has 1 N–H and O–H groups in total. The molecular weight excluding hydrogens is 312 g/mol. The molecule has 24 heavy (non-hydrogen) atoms. The van der Waals surface area contributed by atoms with Gasteiger partial charge in [0.05, 0.1) is 23.6 Å². The second kappa shape index (κ2) is 7.12. The highest BCUT2D eigenvalue weighted by Gasteiger charge is 2.26. The van der Waals surface area contributed by atoms with Gasteiger partial charge in [0.1, 0.15) is 17.8 Å². The van der Waals surface area contributed by atoms with Crippen molar-refractivity contribution in [1.82, 2.24) is 10.3 Å². The van der Waals surface area contributed by atoms with Gasteiger partial charge < -0.3 is 14.6 Å². The van der Waals surface area contributed by atoms with Crippen molar-refractivity contribution in [3.63, 3.8) is 0 Å². The Morgan fingerprint density at radius 1 is 1.46 bits per heavy atom. The quantitative estimate of drug-likeness (QED) is 0.665. The molecular formula is C16H18N4O4. The van der Waals surface area contributed by atoms with Crippen LogP contribution in [0.15, 0.2) is 41.1 Å². The predicted octanol–water partition coefficient (Wildman–Crippen LogP) is 2.12. The highest BCUT2D eigenvalue weighted by atomic mass is 16.6. The maximum atomic E-state index is 12.3. The van der Waals surface area contributed by atoms with Crippen molar-refractivity contribution >= 4 is 17.4 Å². The lowest BCUT2D eigenvalue weighted by Gasteiger charge is -2.32. The standard InChI is InChI=1S/C16H18N4O4/c21-16(18-10-14-4-2-8-24-14)12-3-1-7-19(11-12)15-6-5-13(9-17-15)20(22)23/h2,4-6,8-9,12H,1,3,7,10-11H2,(H,18,21)/t12-/m1/s1. The van der Waals surface area contributed by atoms with Gasteiger partial charge in [-0.1, -0.05) is 0 Å². The van der Waals surface area contributed by atoms with Gasteiger partial charge in [0.25, 0.3) is 5.69 Å². The van der Waals surface area contributed by atoms with Crippen LogP contribution in [0.5, 0.6) is 0 Å². The molecule has 3 heterocycles. The molecule has 1 aliphatic heterocycles. The zero-order valence-corrected chi connectivity index (χ0v) is 13.1. The topological polar surface area (TPSA) is 102 Å². The van der Waals surface area contributed by atoms with E-state index in [9.17, 15) is 14.9 Å². The Kier molecular flexibility index (Phi) is 4.74. The fourth-order valence-electron chi connectivity index (χ4n) is 2.80. The van der Waals surface area contributed by atoms with E-state index in [1.54, 1.807) is 18.4 Å². The fourth-order valence-corrected chi connectivity index (χ4v) is 2.80. The number of rotatable bonds is 5. The van der Waals surface area contributed by atoms with E-state index in [0.29, 0.717) is 24.7 Å². The van der Waals surface area contributed by atoms with Crippen LogP contribution in [0.25, 0.3) is 0 Å². The first-order chi connectivity index (χ1) is 11.6. The van der Waals surface area contributed by atoms with Crippen LogP contribution >= 0.6 is 0 Å². The minimum atomic E-state index is -0.474. The lowest BCUT2D eigenvalue weighted by molar-refractivity contribution is -0.385. The minimum Gasteiger partial charge on any atom is -0.467 e. The summed E-state index contributed by atoms with van der Waals surface area (Å²) in [5.41, 5.74) is -0.0384. The van der Waals surface area contributed by atoms with Crippen molar-refractivity contribution in [1.29, 1.82) is 0 Å². The third-order valence-electron chi connectivity index (χ3n) is 4.08. The number of aromatic nitrogens is 1. The van der Waals surface area contributed by atoms with E-state index >= 15 is 0 Å². The van der Waals surface area contributed by atoms with E-state index in [-0.39, 0.29) is 17.5 Å². The van der Waals surface area contributed by atoms with Gasteiger partial charge in [-0.25, -0.2) is 4.98 Å². The average molecular weight is 330 g/mol. The molecule has 3 rings (SSSR count). The molecule has 0 aliphatic carbocycles. The van der Waals surface area contributed by atoms with Crippen LogP contribution < -0.4 is 10.2 Å². The Hall–Kier alpha value is -2.90. The maximum Gasteiger partial charge on any atom is 0.287 e. The van der Waals surface area contributed by atoms with Crippen LogP contribution in [0.2, 0.25) is 0 Å².